The van der Waals surface area contributed by atoms with Gasteiger partial charge in [-0.25, -0.2) is 0 Å². The number of hydrogen-bond acceptors (Lipinski definition) is 3. The van der Waals surface area contributed by atoms with Crippen LogP contribution in [0.4, 0.5) is 0 Å². The van der Waals surface area contributed by atoms with E-state index < -0.39 is 7.12 Å². The zero-order valence-electron chi connectivity index (χ0n) is 10.8. The second kappa shape index (κ2) is 6.67. The lowest BCUT2D eigenvalue weighted by Gasteiger charge is -2.15. The zero-order chi connectivity index (χ0) is 12.8. The monoisotopic (exact) mass is 236 g/mol. The molecule has 4 heteroatoms. The van der Waals surface area contributed by atoms with E-state index in [1.165, 1.54) is 0 Å². The van der Waals surface area contributed by atoms with Gasteiger partial charge in [-0.05, 0) is 25.3 Å². The van der Waals surface area contributed by atoms with Gasteiger partial charge in [-0.15, -0.1) is 0 Å². The second-order valence-corrected chi connectivity index (χ2v) is 4.62. The number of hydrogen-bond donors (Lipinski definition) is 2. The lowest BCUT2D eigenvalue weighted by molar-refractivity contribution is 0.252. The van der Waals surface area contributed by atoms with E-state index in [9.17, 15) is 10.0 Å². The highest BCUT2D eigenvalue weighted by molar-refractivity contribution is 6.59. The van der Waals surface area contributed by atoms with Crippen LogP contribution in [0.1, 0.15) is 32.3 Å². The molecule has 0 aliphatic heterocycles. The highest BCUT2D eigenvalue weighted by atomic mass is 16.5. The van der Waals surface area contributed by atoms with E-state index in [1.54, 1.807) is 12.1 Å². The van der Waals surface area contributed by atoms with Crippen molar-refractivity contribution in [2.45, 2.75) is 33.6 Å². The van der Waals surface area contributed by atoms with Gasteiger partial charge in [0.15, 0.2) is 0 Å². The van der Waals surface area contributed by atoms with Crippen LogP contribution in [-0.2, 0) is 0 Å². The average Bonchev–Trinajstić information content (AvgIpc) is 2.27. The normalized spacial score (nSPS) is 12.3. The molecule has 0 saturated heterocycles. The minimum absolute atomic E-state index is 0.439. The van der Waals surface area contributed by atoms with Gasteiger partial charge in [0, 0.05) is 5.46 Å². The van der Waals surface area contributed by atoms with Crippen LogP contribution in [0.25, 0.3) is 0 Å². The Labute approximate surface area is 104 Å². The molecule has 3 nitrogen and oxygen atoms in total. The maximum atomic E-state index is 9.27. The number of aryl methyl sites for hydroxylation is 1. The minimum Gasteiger partial charge on any atom is -0.494 e. The van der Waals surface area contributed by atoms with Crippen molar-refractivity contribution in [3.8, 4) is 5.75 Å². The summed E-state index contributed by atoms with van der Waals surface area (Å²) in [5.41, 5.74) is 1.43. The fraction of sp³-hybridized carbons (Fsp3) is 0.538. The molecule has 1 rings (SSSR count). The third kappa shape index (κ3) is 4.40. The lowest BCUT2D eigenvalue weighted by Crippen LogP contribution is -2.32. The first-order valence-electron chi connectivity index (χ1n) is 6.14. The molecule has 0 spiro atoms. The third-order valence-corrected chi connectivity index (χ3v) is 2.75. The van der Waals surface area contributed by atoms with E-state index in [0.717, 1.165) is 18.4 Å². The van der Waals surface area contributed by atoms with Gasteiger partial charge in [0.1, 0.15) is 5.75 Å². The quantitative estimate of drug-likeness (QED) is 0.735. The van der Waals surface area contributed by atoms with Crippen LogP contribution >= 0.6 is 0 Å². The SMILES string of the molecule is CCCC(C)COc1ccc(C)cc1B(O)O. The van der Waals surface area contributed by atoms with Crippen LogP contribution in [0.2, 0.25) is 0 Å². The molecule has 0 aliphatic rings. The summed E-state index contributed by atoms with van der Waals surface area (Å²) < 4.78 is 5.65. The van der Waals surface area contributed by atoms with Gasteiger partial charge in [-0.3, -0.25) is 0 Å². The molecule has 0 aliphatic carbocycles. The summed E-state index contributed by atoms with van der Waals surface area (Å²) >= 11 is 0. The maximum absolute atomic E-state index is 9.27. The molecule has 0 fully saturated rings. The van der Waals surface area contributed by atoms with E-state index in [2.05, 4.69) is 13.8 Å². The summed E-state index contributed by atoms with van der Waals surface area (Å²) in [5.74, 6) is 1.04. The van der Waals surface area contributed by atoms with Crippen LogP contribution in [0, 0.1) is 12.8 Å². The Kier molecular flexibility index (Phi) is 5.52. The summed E-state index contributed by atoms with van der Waals surface area (Å²) in [5, 5.41) is 18.5. The molecule has 0 radical (unpaired) electrons. The molecule has 1 unspecified atom stereocenters. The Balaban J connectivity index is 2.70. The van der Waals surface area contributed by atoms with E-state index in [0.29, 0.717) is 23.7 Å². The maximum Gasteiger partial charge on any atom is 0.492 e. The van der Waals surface area contributed by atoms with E-state index in [4.69, 9.17) is 4.74 Å². The molecule has 1 aromatic carbocycles. The van der Waals surface area contributed by atoms with Crippen molar-refractivity contribution in [3.63, 3.8) is 0 Å². The van der Waals surface area contributed by atoms with Crippen molar-refractivity contribution < 1.29 is 14.8 Å². The predicted molar refractivity (Wildman–Crippen MR) is 70.6 cm³/mol. The van der Waals surface area contributed by atoms with Crippen molar-refractivity contribution in [1.29, 1.82) is 0 Å². The predicted octanol–water partition coefficient (Wildman–Crippen LogP) is 1.49. The molecular weight excluding hydrogens is 215 g/mol. The van der Waals surface area contributed by atoms with Gasteiger partial charge in [-0.1, -0.05) is 38.0 Å². The summed E-state index contributed by atoms with van der Waals surface area (Å²) in [7, 11) is -1.48. The van der Waals surface area contributed by atoms with Crippen molar-refractivity contribution in [1.82, 2.24) is 0 Å². The fourth-order valence-electron chi connectivity index (χ4n) is 1.81. The topological polar surface area (TPSA) is 49.7 Å². The molecule has 2 N–H and O–H groups in total. The van der Waals surface area contributed by atoms with E-state index in [1.807, 2.05) is 13.0 Å². The number of ether oxygens (including phenoxy) is 1. The molecule has 0 bridgehead atoms. The van der Waals surface area contributed by atoms with Crippen LogP contribution in [-0.4, -0.2) is 23.8 Å². The zero-order valence-corrected chi connectivity index (χ0v) is 10.8. The van der Waals surface area contributed by atoms with E-state index in [-0.39, 0.29) is 0 Å². The largest absolute Gasteiger partial charge is 0.494 e. The Hall–Kier alpha value is -0.995. The van der Waals surface area contributed by atoms with Crippen molar-refractivity contribution in [3.05, 3.63) is 23.8 Å². The van der Waals surface area contributed by atoms with Crippen LogP contribution in [0.5, 0.6) is 5.75 Å². The van der Waals surface area contributed by atoms with Crippen molar-refractivity contribution in [2.24, 2.45) is 5.92 Å². The van der Waals surface area contributed by atoms with Crippen molar-refractivity contribution in [2.75, 3.05) is 6.61 Å². The van der Waals surface area contributed by atoms with Gasteiger partial charge in [0.2, 0.25) is 0 Å². The molecule has 17 heavy (non-hydrogen) atoms. The first-order valence-corrected chi connectivity index (χ1v) is 6.14. The molecule has 94 valence electrons. The summed E-state index contributed by atoms with van der Waals surface area (Å²) in [6.07, 6.45) is 2.25. The Morgan fingerprint density at radius 1 is 1.35 bits per heavy atom. The first kappa shape index (κ1) is 14.1. The van der Waals surface area contributed by atoms with Gasteiger partial charge in [0.25, 0.3) is 0 Å². The Morgan fingerprint density at radius 2 is 2.06 bits per heavy atom. The Bertz CT molecular complexity index is 353. The van der Waals surface area contributed by atoms with Crippen LogP contribution in [0.3, 0.4) is 0 Å². The molecule has 0 saturated carbocycles. The van der Waals surface area contributed by atoms with Gasteiger partial charge < -0.3 is 14.8 Å². The minimum atomic E-state index is -1.48. The van der Waals surface area contributed by atoms with Crippen LogP contribution < -0.4 is 10.2 Å². The molecule has 0 heterocycles. The molecule has 0 amide bonds. The number of rotatable bonds is 6. The highest BCUT2D eigenvalue weighted by Gasteiger charge is 2.17. The average molecular weight is 236 g/mol. The molecule has 1 atom stereocenters. The summed E-state index contributed by atoms with van der Waals surface area (Å²) in [4.78, 5) is 0. The van der Waals surface area contributed by atoms with Crippen LogP contribution in [0.15, 0.2) is 18.2 Å². The van der Waals surface area contributed by atoms with Gasteiger partial charge >= 0.3 is 7.12 Å². The molecule has 0 aromatic heterocycles. The molecule has 1 aromatic rings. The number of benzene rings is 1. The highest BCUT2D eigenvalue weighted by Crippen LogP contribution is 2.13. The van der Waals surface area contributed by atoms with E-state index >= 15 is 0 Å². The van der Waals surface area contributed by atoms with Gasteiger partial charge in [0.05, 0.1) is 6.61 Å². The standard InChI is InChI=1S/C13H21BO3/c1-4-5-11(3)9-17-13-7-6-10(2)8-12(13)14(15)16/h6-8,11,15-16H,4-5,9H2,1-3H3. The summed E-state index contributed by atoms with van der Waals surface area (Å²) in [6.45, 7) is 6.80. The summed E-state index contributed by atoms with van der Waals surface area (Å²) in [6, 6.07) is 5.44. The lowest BCUT2D eigenvalue weighted by atomic mass is 9.79. The van der Waals surface area contributed by atoms with Crippen molar-refractivity contribution >= 4 is 12.6 Å². The van der Waals surface area contributed by atoms with Gasteiger partial charge in [-0.2, -0.15) is 0 Å². The smallest absolute Gasteiger partial charge is 0.492 e. The Morgan fingerprint density at radius 3 is 2.65 bits per heavy atom. The third-order valence-electron chi connectivity index (χ3n) is 2.75. The molecular formula is C13H21BO3. The first-order chi connectivity index (χ1) is 8.04. The fourth-order valence-corrected chi connectivity index (χ4v) is 1.81. The second-order valence-electron chi connectivity index (χ2n) is 4.62.